The normalized spacial score (nSPS) is 10.7. The first-order valence-electron chi connectivity index (χ1n) is 6.02. The molecule has 2 aromatic rings. The van der Waals surface area contributed by atoms with Crippen LogP contribution < -0.4 is 5.32 Å². The highest BCUT2D eigenvalue weighted by molar-refractivity contribution is 7.16. The van der Waals surface area contributed by atoms with Crippen molar-refractivity contribution >= 4 is 34.4 Å². The summed E-state index contributed by atoms with van der Waals surface area (Å²) in [4.78, 5) is 26.0. The zero-order valence-corrected chi connectivity index (χ0v) is 12.4. The van der Waals surface area contributed by atoms with Gasteiger partial charge in [-0.1, -0.05) is 19.9 Å². The predicted octanol–water partition coefficient (Wildman–Crippen LogP) is 3.31. The summed E-state index contributed by atoms with van der Waals surface area (Å²) in [5.74, 6) is 0.0631. The molecule has 0 unspecified atom stereocenters. The summed E-state index contributed by atoms with van der Waals surface area (Å²) < 4.78 is 0. The Kier molecular flexibility index (Phi) is 4.50. The second-order valence-corrected chi connectivity index (χ2v) is 6.56. The lowest BCUT2D eigenvalue weighted by atomic mass is 10.2. The van der Waals surface area contributed by atoms with E-state index in [4.69, 9.17) is 0 Å². The largest absolute Gasteiger partial charge is 0.351 e. The fraction of sp³-hybridized carbons (Fsp3) is 0.286. The molecule has 2 heterocycles. The van der Waals surface area contributed by atoms with Crippen molar-refractivity contribution in [2.45, 2.75) is 20.4 Å². The van der Waals surface area contributed by atoms with Gasteiger partial charge in [-0.15, -0.1) is 22.7 Å². The quantitative estimate of drug-likeness (QED) is 0.860. The molecule has 1 amide bonds. The molecule has 0 saturated heterocycles. The van der Waals surface area contributed by atoms with Crippen molar-refractivity contribution in [1.29, 1.82) is 0 Å². The van der Waals surface area contributed by atoms with Gasteiger partial charge < -0.3 is 5.32 Å². The Bertz CT molecular complexity index is 570. The van der Waals surface area contributed by atoms with Gasteiger partial charge in [0.05, 0.1) is 16.3 Å². The third-order valence-electron chi connectivity index (χ3n) is 2.59. The molecule has 0 aliphatic rings. The summed E-state index contributed by atoms with van der Waals surface area (Å²) in [5, 5.41) is 4.74. The van der Waals surface area contributed by atoms with E-state index >= 15 is 0 Å². The minimum absolute atomic E-state index is 0.0211. The zero-order chi connectivity index (χ0) is 13.8. The highest BCUT2D eigenvalue weighted by atomic mass is 32.1. The second kappa shape index (κ2) is 6.12. The highest BCUT2D eigenvalue weighted by Crippen LogP contribution is 2.22. The molecule has 0 saturated carbocycles. The fourth-order valence-corrected chi connectivity index (χ4v) is 3.15. The molecule has 5 heteroatoms. The number of rotatable bonds is 5. The molecule has 3 nitrogen and oxygen atoms in total. The first-order chi connectivity index (χ1) is 9.08. The van der Waals surface area contributed by atoms with E-state index in [-0.39, 0.29) is 17.6 Å². The molecular weight excluding hydrogens is 278 g/mol. The van der Waals surface area contributed by atoms with Crippen LogP contribution in [0.3, 0.4) is 0 Å². The van der Waals surface area contributed by atoms with Gasteiger partial charge in [0.1, 0.15) is 0 Å². The second-order valence-electron chi connectivity index (χ2n) is 4.44. The molecule has 0 aromatic carbocycles. The molecular formula is C14H15NO2S2. The Hall–Kier alpha value is -1.46. The van der Waals surface area contributed by atoms with Crippen LogP contribution >= 0.6 is 22.7 Å². The Labute approximate surface area is 120 Å². The van der Waals surface area contributed by atoms with Gasteiger partial charge >= 0.3 is 0 Å². The number of carbonyl (C=O) groups is 2. The van der Waals surface area contributed by atoms with Gasteiger partial charge in [0.25, 0.3) is 0 Å². The average molecular weight is 293 g/mol. The summed E-state index contributed by atoms with van der Waals surface area (Å²) in [6.07, 6.45) is 0. The molecule has 0 atom stereocenters. The van der Waals surface area contributed by atoms with E-state index in [0.717, 1.165) is 14.6 Å². The van der Waals surface area contributed by atoms with Crippen LogP contribution in [0.2, 0.25) is 0 Å². The van der Waals surface area contributed by atoms with Gasteiger partial charge in [-0.2, -0.15) is 0 Å². The molecule has 100 valence electrons. The fourth-order valence-electron chi connectivity index (χ4n) is 1.50. The van der Waals surface area contributed by atoms with Crippen LogP contribution in [-0.4, -0.2) is 11.7 Å². The highest BCUT2D eigenvalue weighted by Gasteiger charge is 2.13. The van der Waals surface area contributed by atoms with Crippen LogP contribution in [0.25, 0.3) is 0 Å². The average Bonchev–Trinajstić information content (AvgIpc) is 3.06. The van der Waals surface area contributed by atoms with E-state index in [1.807, 2.05) is 43.5 Å². The Morgan fingerprint density at radius 1 is 1.21 bits per heavy atom. The maximum absolute atomic E-state index is 12.1. The van der Waals surface area contributed by atoms with Gasteiger partial charge in [-0.25, -0.2) is 0 Å². The van der Waals surface area contributed by atoms with Crippen LogP contribution in [-0.2, 0) is 11.3 Å². The van der Waals surface area contributed by atoms with E-state index in [1.165, 1.54) is 22.7 Å². The SMILES string of the molecule is CC(C)C(=O)NCc1ccc(C(=O)c2cccs2)s1. The van der Waals surface area contributed by atoms with Crippen LogP contribution in [0, 0.1) is 5.92 Å². The lowest BCUT2D eigenvalue weighted by Gasteiger charge is -2.05. The molecule has 1 N–H and O–H groups in total. The Morgan fingerprint density at radius 3 is 2.63 bits per heavy atom. The van der Waals surface area contributed by atoms with Gasteiger partial charge in [0.15, 0.2) is 0 Å². The predicted molar refractivity (Wildman–Crippen MR) is 78.8 cm³/mol. The van der Waals surface area contributed by atoms with Crippen LogP contribution in [0.15, 0.2) is 29.6 Å². The number of hydrogen-bond donors (Lipinski definition) is 1. The van der Waals surface area contributed by atoms with Crippen molar-refractivity contribution in [1.82, 2.24) is 5.32 Å². The van der Waals surface area contributed by atoms with Crippen molar-refractivity contribution < 1.29 is 9.59 Å². The maximum atomic E-state index is 12.1. The number of nitrogens with one attached hydrogen (secondary N) is 1. The molecule has 0 bridgehead atoms. The number of carbonyl (C=O) groups excluding carboxylic acids is 2. The summed E-state index contributed by atoms with van der Waals surface area (Å²) in [5.41, 5.74) is 0. The zero-order valence-electron chi connectivity index (χ0n) is 10.8. The Morgan fingerprint density at radius 2 is 2.00 bits per heavy atom. The first kappa shape index (κ1) is 14.0. The lowest BCUT2D eigenvalue weighted by molar-refractivity contribution is -0.124. The standard InChI is InChI=1S/C14H15NO2S2/c1-9(2)14(17)15-8-10-5-6-12(19-10)13(16)11-4-3-7-18-11/h3-7,9H,8H2,1-2H3,(H,15,17). The van der Waals surface area contributed by atoms with Crippen molar-refractivity contribution in [2.24, 2.45) is 5.92 Å². The molecule has 19 heavy (non-hydrogen) atoms. The lowest BCUT2D eigenvalue weighted by Crippen LogP contribution is -2.26. The number of hydrogen-bond acceptors (Lipinski definition) is 4. The molecule has 2 aromatic heterocycles. The van der Waals surface area contributed by atoms with Gasteiger partial charge in [-0.3, -0.25) is 9.59 Å². The monoisotopic (exact) mass is 293 g/mol. The van der Waals surface area contributed by atoms with Gasteiger partial charge in [0, 0.05) is 10.8 Å². The molecule has 0 aliphatic carbocycles. The van der Waals surface area contributed by atoms with E-state index < -0.39 is 0 Å². The first-order valence-corrected chi connectivity index (χ1v) is 7.72. The van der Waals surface area contributed by atoms with Crippen LogP contribution in [0.1, 0.15) is 33.3 Å². The molecule has 0 radical (unpaired) electrons. The Balaban J connectivity index is 2.00. The van der Waals surface area contributed by atoms with Crippen molar-refractivity contribution in [3.63, 3.8) is 0 Å². The molecule has 0 spiro atoms. The molecule has 0 fully saturated rings. The molecule has 0 aliphatic heterocycles. The smallest absolute Gasteiger partial charge is 0.222 e. The van der Waals surface area contributed by atoms with E-state index in [9.17, 15) is 9.59 Å². The van der Waals surface area contributed by atoms with E-state index in [0.29, 0.717) is 6.54 Å². The number of ketones is 1. The summed E-state index contributed by atoms with van der Waals surface area (Å²) >= 11 is 2.88. The van der Waals surface area contributed by atoms with Gasteiger partial charge in [0.2, 0.25) is 11.7 Å². The van der Waals surface area contributed by atoms with E-state index in [2.05, 4.69) is 5.32 Å². The topological polar surface area (TPSA) is 46.2 Å². The minimum Gasteiger partial charge on any atom is -0.351 e. The summed E-state index contributed by atoms with van der Waals surface area (Å²) in [6.45, 7) is 4.20. The third-order valence-corrected chi connectivity index (χ3v) is 4.54. The third kappa shape index (κ3) is 3.52. The number of amides is 1. The van der Waals surface area contributed by atoms with Crippen LogP contribution in [0.4, 0.5) is 0 Å². The maximum Gasteiger partial charge on any atom is 0.222 e. The number of thiophene rings is 2. The summed E-state index contributed by atoms with van der Waals surface area (Å²) in [7, 11) is 0. The minimum atomic E-state index is -0.0211. The van der Waals surface area contributed by atoms with Crippen molar-refractivity contribution in [3.05, 3.63) is 44.3 Å². The van der Waals surface area contributed by atoms with Crippen molar-refractivity contribution in [2.75, 3.05) is 0 Å². The summed E-state index contributed by atoms with van der Waals surface area (Å²) in [6, 6.07) is 7.41. The van der Waals surface area contributed by atoms with E-state index in [1.54, 1.807) is 0 Å². The van der Waals surface area contributed by atoms with Crippen molar-refractivity contribution in [3.8, 4) is 0 Å². The molecule has 2 rings (SSSR count). The van der Waals surface area contributed by atoms with Gasteiger partial charge in [-0.05, 0) is 23.6 Å². The van der Waals surface area contributed by atoms with Crippen LogP contribution in [0.5, 0.6) is 0 Å².